The summed E-state index contributed by atoms with van der Waals surface area (Å²) in [5.74, 6) is -0.998. The SMILES string of the molecule is CC(=O)N[C@@H](Cc1ccc(OC(C)(C)C)cc1)C(=O)C[C@H](C(=O)N[C@@H](C)C(C)=O)C(C)C. The van der Waals surface area contributed by atoms with Crippen LogP contribution in [-0.2, 0) is 25.6 Å². The highest BCUT2D eigenvalue weighted by molar-refractivity contribution is 5.94. The fourth-order valence-corrected chi connectivity index (χ4v) is 3.19. The van der Waals surface area contributed by atoms with E-state index in [9.17, 15) is 19.2 Å². The number of ether oxygens (including phenoxy) is 1. The molecule has 7 nitrogen and oxygen atoms in total. The minimum absolute atomic E-state index is 0.0235. The highest BCUT2D eigenvalue weighted by atomic mass is 16.5. The third kappa shape index (κ3) is 9.62. The predicted octanol–water partition coefficient (Wildman–Crippen LogP) is 3.24. The maximum atomic E-state index is 13.1. The van der Waals surface area contributed by atoms with Crippen LogP contribution in [0.25, 0.3) is 0 Å². The lowest BCUT2D eigenvalue weighted by molar-refractivity contribution is -0.134. The number of hydrogen-bond acceptors (Lipinski definition) is 5. The van der Waals surface area contributed by atoms with Crippen LogP contribution in [0.1, 0.15) is 67.4 Å². The van der Waals surface area contributed by atoms with Gasteiger partial charge in [0.1, 0.15) is 11.4 Å². The quantitative estimate of drug-likeness (QED) is 0.543. The Hall–Kier alpha value is -2.70. The topological polar surface area (TPSA) is 102 Å². The number of benzene rings is 1. The van der Waals surface area contributed by atoms with Gasteiger partial charge >= 0.3 is 0 Å². The minimum Gasteiger partial charge on any atom is -0.488 e. The van der Waals surface area contributed by atoms with Crippen molar-refractivity contribution in [1.82, 2.24) is 10.6 Å². The molecule has 1 rings (SSSR count). The molecule has 0 aliphatic carbocycles. The molecule has 0 saturated heterocycles. The second kappa shape index (κ2) is 11.8. The molecule has 178 valence electrons. The number of hydrogen-bond donors (Lipinski definition) is 2. The van der Waals surface area contributed by atoms with Crippen molar-refractivity contribution in [2.75, 3.05) is 0 Å². The van der Waals surface area contributed by atoms with E-state index < -0.39 is 18.0 Å². The van der Waals surface area contributed by atoms with Crippen LogP contribution < -0.4 is 15.4 Å². The Morgan fingerprint density at radius 1 is 0.938 bits per heavy atom. The summed E-state index contributed by atoms with van der Waals surface area (Å²) in [5.41, 5.74) is 0.553. The number of ketones is 2. The molecule has 1 aromatic carbocycles. The second-order valence-corrected chi connectivity index (χ2v) is 9.68. The van der Waals surface area contributed by atoms with E-state index in [2.05, 4.69) is 10.6 Å². The van der Waals surface area contributed by atoms with Crippen molar-refractivity contribution in [3.63, 3.8) is 0 Å². The summed E-state index contributed by atoms with van der Waals surface area (Å²) < 4.78 is 5.82. The summed E-state index contributed by atoms with van der Waals surface area (Å²) in [7, 11) is 0. The number of amides is 2. The van der Waals surface area contributed by atoms with E-state index in [0.29, 0.717) is 6.42 Å². The maximum Gasteiger partial charge on any atom is 0.224 e. The molecule has 0 fully saturated rings. The summed E-state index contributed by atoms with van der Waals surface area (Å²) in [6, 6.07) is 6.04. The van der Waals surface area contributed by atoms with Crippen LogP contribution in [0.2, 0.25) is 0 Å². The zero-order valence-electron chi connectivity index (χ0n) is 20.6. The zero-order valence-corrected chi connectivity index (χ0v) is 20.6. The number of rotatable bonds is 11. The number of nitrogens with one attached hydrogen (secondary N) is 2. The average molecular weight is 447 g/mol. The normalized spacial score (nSPS) is 14.3. The third-order valence-electron chi connectivity index (χ3n) is 5.08. The molecule has 3 atom stereocenters. The highest BCUT2D eigenvalue weighted by Crippen LogP contribution is 2.21. The molecule has 0 unspecified atom stereocenters. The Balaban J connectivity index is 2.95. The van der Waals surface area contributed by atoms with Crippen LogP contribution in [-0.4, -0.2) is 41.1 Å². The van der Waals surface area contributed by atoms with E-state index in [1.54, 1.807) is 6.92 Å². The Labute approximate surface area is 191 Å². The van der Waals surface area contributed by atoms with E-state index in [1.807, 2.05) is 58.9 Å². The summed E-state index contributed by atoms with van der Waals surface area (Å²) >= 11 is 0. The number of Topliss-reactive ketones (excluding diaryl/α,β-unsaturated/α-hetero) is 2. The Morgan fingerprint density at radius 2 is 1.50 bits per heavy atom. The van der Waals surface area contributed by atoms with Gasteiger partial charge in [-0.25, -0.2) is 0 Å². The highest BCUT2D eigenvalue weighted by Gasteiger charge is 2.30. The van der Waals surface area contributed by atoms with Crippen molar-refractivity contribution >= 4 is 23.4 Å². The molecule has 0 spiro atoms. The molecule has 0 radical (unpaired) electrons. The van der Waals surface area contributed by atoms with Crippen LogP contribution in [0.4, 0.5) is 0 Å². The van der Waals surface area contributed by atoms with Gasteiger partial charge in [0.25, 0.3) is 0 Å². The van der Waals surface area contributed by atoms with Crippen molar-refractivity contribution in [3.05, 3.63) is 29.8 Å². The smallest absolute Gasteiger partial charge is 0.224 e. The van der Waals surface area contributed by atoms with Crippen molar-refractivity contribution in [1.29, 1.82) is 0 Å². The monoisotopic (exact) mass is 446 g/mol. The van der Waals surface area contributed by atoms with Crippen LogP contribution in [0, 0.1) is 11.8 Å². The summed E-state index contributed by atoms with van der Waals surface area (Å²) in [6.45, 7) is 14.0. The van der Waals surface area contributed by atoms with Crippen molar-refractivity contribution < 1.29 is 23.9 Å². The zero-order chi connectivity index (χ0) is 24.6. The first kappa shape index (κ1) is 27.3. The number of carbonyl (C=O) groups is 4. The minimum atomic E-state index is -0.749. The molecule has 0 aliphatic rings. The molecule has 0 saturated carbocycles. The predicted molar refractivity (Wildman–Crippen MR) is 124 cm³/mol. The fourth-order valence-electron chi connectivity index (χ4n) is 3.19. The van der Waals surface area contributed by atoms with Gasteiger partial charge in [0.15, 0.2) is 11.6 Å². The summed E-state index contributed by atoms with van der Waals surface area (Å²) in [4.78, 5) is 49.0. The first-order valence-electron chi connectivity index (χ1n) is 11.1. The Kier molecular flexibility index (Phi) is 10.1. The van der Waals surface area contributed by atoms with Gasteiger partial charge in [-0.15, -0.1) is 0 Å². The maximum absolute atomic E-state index is 13.1. The second-order valence-electron chi connectivity index (χ2n) is 9.68. The molecule has 2 N–H and O–H groups in total. The van der Waals surface area contributed by atoms with Gasteiger partial charge in [0.2, 0.25) is 11.8 Å². The van der Waals surface area contributed by atoms with Crippen LogP contribution in [0.5, 0.6) is 5.75 Å². The molecule has 0 aliphatic heterocycles. The van der Waals surface area contributed by atoms with Gasteiger partial charge in [0, 0.05) is 19.3 Å². The van der Waals surface area contributed by atoms with E-state index >= 15 is 0 Å². The molecule has 0 aromatic heterocycles. The number of carbonyl (C=O) groups excluding carboxylic acids is 4. The van der Waals surface area contributed by atoms with Gasteiger partial charge < -0.3 is 15.4 Å². The molecular formula is C25H38N2O5. The van der Waals surface area contributed by atoms with E-state index in [4.69, 9.17) is 4.74 Å². The third-order valence-corrected chi connectivity index (χ3v) is 5.08. The van der Waals surface area contributed by atoms with Gasteiger partial charge in [-0.1, -0.05) is 26.0 Å². The summed E-state index contributed by atoms with van der Waals surface area (Å²) in [6.07, 6.45) is 0.286. The van der Waals surface area contributed by atoms with Crippen molar-refractivity contribution in [2.24, 2.45) is 11.8 Å². The van der Waals surface area contributed by atoms with E-state index in [1.165, 1.54) is 13.8 Å². The molecule has 2 amide bonds. The van der Waals surface area contributed by atoms with Crippen molar-refractivity contribution in [2.45, 2.75) is 85.9 Å². The molecule has 0 bridgehead atoms. The molecule has 32 heavy (non-hydrogen) atoms. The lowest BCUT2D eigenvalue weighted by Crippen LogP contribution is -2.46. The average Bonchev–Trinajstić information content (AvgIpc) is 2.64. The fraction of sp³-hybridized carbons (Fsp3) is 0.600. The van der Waals surface area contributed by atoms with Gasteiger partial charge in [-0.3, -0.25) is 19.2 Å². The Morgan fingerprint density at radius 3 is 1.94 bits per heavy atom. The molecule has 0 heterocycles. The van der Waals surface area contributed by atoms with Crippen LogP contribution in [0.15, 0.2) is 24.3 Å². The molecular weight excluding hydrogens is 408 g/mol. The van der Waals surface area contributed by atoms with E-state index in [0.717, 1.165) is 11.3 Å². The Bertz CT molecular complexity index is 809. The first-order chi connectivity index (χ1) is 14.7. The van der Waals surface area contributed by atoms with Gasteiger partial charge in [-0.2, -0.15) is 0 Å². The molecule has 7 heteroatoms. The molecule has 1 aromatic rings. The van der Waals surface area contributed by atoms with Gasteiger partial charge in [-0.05, 0) is 64.7 Å². The van der Waals surface area contributed by atoms with Crippen molar-refractivity contribution in [3.8, 4) is 5.75 Å². The lowest BCUT2D eigenvalue weighted by Gasteiger charge is -2.24. The van der Waals surface area contributed by atoms with Crippen LogP contribution in [0.3, 0.4) is 0 Å². The van der Waals surface area contributed by atoms with Crippen LogP contribution >= 0.6 is 0 Å². The van der Waals surface area contributed by atoms with E-state index in [-0.39, 0.29) is 41.3 Å². The standard InChI is InChI=1S/C25H38N2O5/c1-15(2)21(24(31)26-16(3)17(4)28)14-23(30)22(27-18(5)29)13-19-9-11-20(12-10-19)32-25(6,7)8/h9-12,15-16,21-22H,13-14H2,1-8H3,(H,26,31)(H,27,29)/t16-,21-,22-/m0/s1. The largest absolute Gasteiger partial charge is 0.488 e. The summed E-state index contributed by atoms with van der Waals surface area (Å²) in [5, 5.41) is 5.40. The first-order valence-corrected chi connectivity index (χ1v) is 11.1. The lowest BCUT2D eigenvalue weighted by atomic mass is 9.86. The van der Waals surface area contributed by atoms with Gasteiger partial charge in [0.05, 0.1) is 12.1 Å².